The number of hydrogen-bond donors (Lipinski definition) is 1. The van der Waals surface area contributed by atoms with Gasteiger partial charge in [-0.1, -0.05) is 0 Å². The Hall–Kier alpha value is -2.45. The predicted octanol–water partition coefficient (Wildman–Crippen LogP) is 1.55. The third kappa shape index (κ3) is 3.49. The smallest absolute Gasteiger partial charge is 0.268 e. The molecule has 3 aromatic heterocycles. The molecule has 1 fully saturated rings. The number of thiophene rings is 1. The van der Waals surface area contributed by atoms with Crippen LogP contribution in [0.15, 0.2) is 41.5 Å². The van der Waals surface area contributed by atoms with Crippen molar-refractivity contribution >= 4 is 17.0 Å². The molecule has 0 atom stereocenters. The Kier molecular flexibility index (Phi) is 4.37. The number of aryl methyl sites for hydroxylation is 1. The summed E-state index contributed by atoms with van der Waals surface area (Å²) in [5.41, 5.74) is 1.92. The van der Waals surface area contributed by atoms with E-state index in [9.17, 15) is 4.79 Å². The first kappa shape index (κ1) is 16.0. The first-order valence-electron chi connectivity index (χ1n) is 8.28. The summed E-state index contributed by atoms with van der Waals surface area (Å²) >= 11 is 1.80. The first-order chi connectivity index (χ1) is 12.2. The Morgan fingerprint density at radius 2 is 2.04 bits per heavy atom. The average molecular weight is 356 g/mol. The van der Waals surface area contributed by atoms with E-state index in [0.717, 1.165) is 44.1 Å². The van der Waals surface area contributed by atoms with Gasteiger partial charge in [0.2, 0.25) is 0 Å². The molecule has 7 nitrogen and oxygen atoms in total. The molecular formula is C17H20N6OS. The first-order valence-corrected chi connectivity index (χ1v) is 9.10. The molecular weight excluding hydrogens is 336 g/mol. The van der Waals surface area contributed by atoms with E-state index in [0.29, 0.717) is 0 Å². The summed E-state index contributed by atoms with van der Waals surface area (Å²) < 4.78 is 1.35. The number of aromatic nitrogens is 4. The molecule has 0 unspecified atom stereocenters. The maximum Gasteiger partial charge on any atom is 0.268 e. The highest BCUT2D eigenvalue weighted by atomic mass is 32.1. The number of hydrogen-bond acceptors (Lipinski definition) is 6. The zero-order chi connectivity index (χ0) is 17.2. The average Bonchev–Trinajstić information content (AvgIpc) is 3.29. The van der Waals surface area contributed by atoms with E-state index in [1.165, 1.54) is 14.4 Å². The molecule has 4 heterocycles. The van der Waals surface area contributed by atoms with Crippen molar-refractivity contribution in [2.75, 3.05) is 31.1 Å². The minimum Gasteiger partial charge on any atom is -0.368 e. The van der Waals surface area contributed by atoms with E-state index >= 15 is 0 Å². The van der Waals surface area contributed by atoms with Gasteiger partial charge in [-0.15, -0.1) is 11.3 Å². The highest BCUT2D eigenvalue weighted by Gasteiger charge is 2.18. The molecule has 1 aliphatic heterocycles. The topological polar surface area (TPSA) is 70.1 Å². The van der Waals surface area contributed by atoms with Crippen LogP contribution in [0.1, 0.15) is 4.88 Å². The number of nitrogens with zero attached hydrogens (tertiary/aromatic N) is 5. The summed E-state index contributed by atoms with van der Waals surface area (Å²) in [5.74, 6) is 0. The molecule has 0 amide bonds. The molecule has 0 aromatic carbocycles. The lowest BCUT2D eigenvalue weighted by molar-refractivity contribution is 0.252. The Labute approximate surface area is 149 Å². The number of aromatic amines is 1. The van der Waals surface area contributed by atoms with Gasteiger partial charge in [0, 0.05) is 56.9 Å². The fraction of sp³-hybridized carbons (Fsp3) is 0.353. The Morgan fingerprint density at radius 1 is 1.20 bits per heavy atom. The zero-order valence-corrected chi connectivity index (χ0v) is 14.9. The predicted molar refractivity (Wildman–Crippen MR) is 98.9 cm³/mol. The summed E-state index contributed by atoms with van der Waals surface area (Å²) in [7, 11) is 1.67. The van der Waals surface area contributed by atoms with Crippen LogP contribution in [-0.4, -0.2) is 51.1 Å². The van der Waals surface area contributed by atoms with Gasteiger partial charge in [0.15, 0.2) is 0 Å². The molecule has 0 saturated carbocycles. The van der Waals surface area contributed by atoms with Gasteiger partial charge in [0.1, 0.15) is 0 Å². The van der Waals surface area contributed by atoms with Crippen LogP contribution in [0.5, 0.6) is 0 Å². The summed E-state index contributed by atoms with van der Waals surface area (Å²) in [5, 5.41) is 11.1. The highest BCUT2D eigenvalue weighted by molar-refractivity contribution is 7.15. The van der Waals surface area contributed by atoms with E-state index < -0.39 is 0 Å². The summed E-state index contributed by atoms with van der Waals surface area (Å²) in [6.45, 7) is 4.74. The van der Waals surface area contributed by atoms with Crippen LogP contribution < -0.4 is 10.5 Å². The molecule has 4 rings (SSSR count). The summed E-state index contributed by atoms with van der Waals surface area (Å²) in [6, 6.07) is 8.00. The van der Waals surface area contributed by atoms with Gasteiger partial charge < -0.3 is 4.90 Å². The molecule has 1 N–H and O–H groups in total. The van der Waals surface area contributed by atoms with Crippen molar-refractivity contribution in [1.29, 1.82) is 0 Å². The SMILES string of the molecule is Cn1ncc(N2CCN(Cc3ccc(-c4ccn[nH]4)s3)CC2)cc1=O. The third-order valence-electron chi connectivity index (χ3n) is 4.50. The molecule has 8 heteroatoms. The monoisotopic (exact) mass is 356 g/mol. The van der Waals surface area contributed by atoms with Crippen LogP contribution in [0.4, 0.5) is 5.69 Å². The number of anilines is 1. The highest BCUT2D eigenvalue weighted by Crippen LogP contribution is 2.27. The van der Waals surface area contributed by atoms with Crippen molar-refractivity contribution in [3.8, 4) is 10.6 Å². The lowest BCUT2D eigenvalue weighted by Gasteiger charge is -2.35. The van der Waals surface area contributed by atoms with Crippen molar-refractivity contribution in [3.63, 3.8) is 0 Å². The van der Waals surface area contributed by atoms with E-state index in [1.54, 1.807) is 36.8 Å². The van der Waals surface area contributed by atoms with Gasteiger partial charge in [-0.3, -0.25) is 14.8 Å². The second kappa shape index (κ2) is 6.81. The number of H-pyrrole nitrogens is 1. The molecule has 3 aromatic rings. The Morgan fingerprint density at radius 3 is 2.76 bits per heavy atom. The number of rotatable bonds is 4. The van der Waals surface area contributed by atoms with Crippen molar-refractivity contribution in [2.24, 2.45) is 7.05 Å². The minimum atomic E-state index is -0.0650. The van der Waals surface area contributed by atoms with Crippen molar-refractivity contribution in [1.82, 2.24) is 24.9 Å². The molecule has 1 aliphatic rings. The molecule has 0 spiro atoms. The fourth-order valence-corrected chi connectivity index (χ4v) is 4.04. The van der Waals surface area contributed by atoms with E-state index in [2.05, 4.69) is 37.2 Å². The lowest BCUT2D eigenvalue weighted by atomic mass is 10.2. The standard InChI is InChI=1S/C17H20N6OS/c1-21-17(24)10-13(11-19-21)23-8-6-22(7-9-23)12-14-2-3-16(25-14)15-4-5-18-20-15/h2-5,10-11H,6-9,12H2,1H3,(H,18,20). The van der Waals surface area contributed by atoms with Crippen LogP contribution in [-0.2, 0) is 13.6 Å². The van der Waals surface area contributed by atoms with Gasteiger partial charge in [-0.05, 0) is 18.2 Å². The van der Waals surface area contributed by atoms with Gasteiger partial charge in [0.05, 0.1) is 22.5 Å². The third-order valence-corrected chi connectivity index (χ3v) is 5.60. The van der Waals surface area contributed by atoms with Crippen molar-refractivity contribution < 1.29 is 0 Å². The van der Waals surface area contributed by atoms with E-state index in [1.807, 2.05) is 6.07 Å². The van der Waals surface area contributed by atoms with Gasteiger partial charge in [-0.2, -0.15) is 10.2 Å². The molecule has 0 bridgehead atoms. The summed E-state index contributed by atoms with van der Waals surface area (Å²) in [4.78, 5) is 19.0. The molecule has 130 valence electrons. The van der Waals surface area contributed by atoms with Crippen LogP contribution >= 0.6 is 11.3 Å². The summed E-state index contributed by atoms with van der Waals surface area (Å²) in [6.07, 6.45) is 3.55. The fourth-order valence-electron chi connectivity index (χ4n) is 3.02. The maximum absolute atomic E-state index is 11.7. The van der Waals surface area contributed by atoms with E-state index in [4.69, 9.17) is 0 Å². The lowest BCUT2D eigenvalue weighted by Crippen LogP contribution is -2.46. The largest absolute Gasteiger partial charge is 0.368 e. The number of nitrogens with one attached hydrogen (secondary N) is 1. The Balaban J connectivity index is 1.36. The van der Waals surface area contributed by atoms with Gasteiger partial charge in [-0.25, -0.2) is 4.68 Å². The molecule has 0 radical (unpaired) electrons. The van der Waals surface area contributed by atoms with Gasteiger partial charge in [0.25, 0.3) is 5.56 Å². The molecule has 1 saturated heterocycles. The van der Waals surface area contributed by atoms with Crippen molar-refractivity contribution in [2.45, 2.75) is 6.54 Å². The maximum atomic E-state index is 11.7. The zero-order valence-electron chi connectivity index (χ0n) is 14.1. The van der Waals surface area contributed by atoms with Gasteiger partial charge >= 0.3 is 0 Å². The van der Waals surface area contributed by atoms with Crippen LogP contribution in [0.2, 0.25) is 0 Å². The molecule has 25 heavy (non-hydrogen) atoms. The number of piperazine rings is 1. The normalized spacial score (nSPS) is 15.6. The molecule has 0 aliphatic carbocycles. The van der Waals surface area contributed by atoms with Crippen molar-refractivity contribution in [3.05, 3.63) is 51.9 Å². The minimum absolute atomic E-state index is 0.0650. The van der Waals surface area contributed by atoms with Crippen LogP contribution in [0.3, 0.4) is 0 Å². The Bertz CT molecular complexity index is 892. The quantitative estimate of drug-likeness (QED) is 0.768. The van der Waals surface area contributed by atoms with Crippen LogP contribution in [0.25, 0.3) is 10.6 Å². The second-order valence-corrected chi connectivity index (χ2v) is 7.34. The second-order valence-electron chi connectivity index (χ2n) is 6.18. The van der Waals surface area contributed by atoms with Crippen LogP contribution in [0, 0.1) is 0 Å². The van der Waals surface area contributed by atoms with E-state index in [-0.39, 0.29) is 5.56 Å².